The van der Waals surface area contributed by atoms with Crippen LogP contribution in [0, 0.1) is 0 Å². The summed E-state index contributed by atoms with van der Waals surface area (Å²) < 4.78 is 22.2. The molecule has 0 N–H and O–H groups in total. The van der Waals surface area contributed by atoms with Crippen molar-refractivity contribution in [2.24, 2.45) is 0 Å². The molecule has 0 aromatic heterocycles. The number of hydrogen-bond donors (Lipinski definition) is 0. The third-order valence-electron chi connectivity index (χ3n) is 4.47. The monoisotopic (exact) mass is 385 g/mol. The molecule has 0 spiro atoms. The van der Waals surface area contributed by atoms with E-state index < -0.39 is 6.10 Å². The number of hydrogen-bond acceptors (Lipinski definition) is 6. The van der Waals surface area contributed by atoms with Gasteiger partial charge in [-0.15, -0.1) is 0 Å². The number of carbonyl (C=O) groups is 1. The van der Waals surface area contributed by atoms with Gasteiger partial charge >= 0.3 is 5.97 Å². The van der Waals surface area contributed by atoms with Crippen molar-refractivity contribution in [2.45, 2.75) is 20.0 Å². The number of carbonyl (C=O) groups excluding carboxylic acids is 1. The zero-order valence-corrected chi connectivity index (χ0v) is 16.4. The summed E-state index contributed by atoms with van der Waals surface area (Å²) in [6.07, 6.45) is -0.705. The molecule has 6 heteroatoms. The standard InChI is InChI=1S/C22H27NO5/c1-3-25-21(22(24)26-4-2)17-9-11-18(12-10-17)27-15-13-23-14-16-28-20-8-6-5-7-19(20)23/h5-12,21H,3-4,13-16H2,1-2H3. The van der Waals surface area contributed by atoms with Crippen LogP contribution in [-0.2, 0) is 14.3 Å². The average molecular weight is 385 g/mol. The molecule has 1 atom stereocenters. The van der Waals surface area contributed by atoms with Gasteiger partial charge in [-0.3, -0.25) is 0 Å². The smallest absolute Gasteiger partial charge is 0.339 e. The molecule has 6 nitrogen and oxygen atoms in total. The molecule has 28 heavy (non-hydrogen) atoms. The Morgan fingerprint density at radius 3 is 2.64 bits per heavy atom. The summed E-state index contributed by atoms with van der Waals surface area (Å²) in [4.78, 5) is 14.3. The van der Waals surface area contributed by atoms with Gasteiger partial charge in [-0.1, -0.05) is 24.3 Å². The van der Waals surface area contributed by atoms with Crippen LogP contribution in [0.4, 0.5) is 5.69 Å². The summed E-state index contributed by atoms with van der Waals surface area (Å²) >= 11 is 0. The van der Waals surface area contributed by atoms with E-state index >= 15 is 0 Å². The molecule has 0 radical (unpaired) electrons. The van der Waals surface area contributed by atoms with Gasteiger partial charge in [-0.25, -0.2) is 4.79 Å². The molecule has 150 valence electrons. The second-order valence-electron chi connectivity index (χ2n) is 6.31. The van der Waals surface area contributed by atoms with Crippen LogP contribution in [0.25, 0.3) is 0 Å². The molecule has 0 bridgehead atoms. The van der Waals surface area contributed by atoms with Crippen molar-refractivity contribution < 1.29 is 23.7 Å². The minimum absolute atomic E-state index is 0.328. The van der Waals surface area contributed by atoms with Crippen molar-refractivity contribution in [2.75, 3.05) is 44.4 Å². The summed E-state index contributed by atoms with van der Waals surface area (Å²) in [5.41, 5.74) is 1.86. The van der Waals surface area contributed by atoms with Gasteiger partial charge in [-0.2, -0.15) is 0 Å². The molecule has 0 saturated carbocycles. The van der Waals surface area contributed by atoms with E-state index in [2.05, 4.69) is 11.0 Å². The third-order valence-corrected chi connectivity index (χ3v) is 4.47. The first kappa shape index (κ1) is 20.0. The zero-order valence-electron chi connectivity index (χ0n) is 16.4. The number of esters is 1. The van der Waals surface area contributed by atoms with Crippen LogP contribution in [0.2, 0.25) is 0 Å². The molecular formula is C22H27NO5. The molecule has 0 saturated heterocycles. The van der Waals surface area contributed by atoms with Gasteiger partial charge in [0.1, 0.15) is 24.7 Å². The molecule has 1 aliphatic rings. The molecule has 2 aromatic carbocycles. The summed E-state index contributed by atoms with van der Waals surface area (Å²) in [5, 5.41) is 0. The van der Waals surface area contributed by atoms with Gasteiger partial charge in [0.15, 0.2) is 6.10 Å². The fraction of sp³-hybridized carbons (Fsp3) is 0.409. The zero-order chi connectivity index (χ0) is 19.8. The van der Waals surface area contributed by atoms with Gasteiger partial charge in [0, 0.05) is 6.61 Å². The van der Waals surface area contributed by atoms with E-state index in [1.54, 1.807) is 6.92 Å². The number of fused-ring (bicyclic) bond motifs is 1. The van der Waals surface area contributed by atoms with E-state index in [4.69, 9.17) is 18.9 Å². The molecule has 0 aliphatic carbocycles. The summed E-state index contributed by atoms with van der Waals surface area (Å²) in [7, 11) is 0. The van der Waals surface area contributed by atoms with E-state index in [1.807, 2.05) is 49.4 Å². The van der Waals surface area contributed by atoms with E-state index in [1.165, 1.54) is 0 Å². The maximum atomic E-state index is 12.1. The average Bonchev–Trinajstić information content (AvgIpc) is 2.73. The van der Waals surface area contributed by atoms with E-state index in [0.29, 0.717) is 26.4 Å². The predicted octanol–water partition coefficient (Wildman–Crippen LogP) is 3.61. The molecule has 3 rings (SSSR count). The molecule has 1 unspecified atom stereocenters. The van der Waals surface area contributed by atoms with Crippen LogP contribution in [0.15, 0.2) is 48.5 Å². The van der Waals surface area contributed by atoms with Gasteiger partial charge in [0.25, 0.3) is 0 Å². The lowest BCUT2D eigenvalue weighted by Crippen LogP contribution is -2.35. The predicted molar refractivity (Wildman–Crippen MR) is 107 cm³/mol. The molecule has 1 aliphatic heterocycles. The van der Waals surface area contributed by atoms with Crippen molar-refractivity contribution in [1.29, 1.82) is 0 Å². The minimum Gasteiger partial charge on any atom is -0.492 e. The summed E-state index contributed by atoms with van der Waals surface area (Å²) in [6.45, 7) is 7.25. The van der Waals surface area contributed by atoms with Gasteiger partial charge < -0.3 is 23.8 Å². The molecular weight excluding hydrogens is 358 g/mol. The highest BCUT2D eigenvalue weighted by Gasteiger charge is 2.22. The van der Waals surface area contributed by atoms with Crippen molar-refractivity contribution in [3.05, 3.63) is 54.1 Å². The maximum Gasteiger partial charge on any atom is 0.339 e. The first-order chi connectivity index (χ1) is 13.7. The van der Waals surface area contributed by atoms with Crippen LogP contribution in [-0.4, -0.2) is 45.5 Å². The number of rotatable bonds is 9. The topological polar surface area (TPSA) is 57.2 Å². The quantitative estimate of drug-likeness (QED) is 0.615. The van der Waals surface area contributed by atoms with Crippen molar-refractivity contribution >= 4 is 11.7 Å². The van der Waals surface area contributed by atoms with Gasteiger partial charge in [-0.05, 0) is 43.7 Å². The van der Waals surface area contributed by atoms with Crippen LogP contribution < -0.4 is 14.4 Å². The maximum absolute atomic E-state index is 12.1. The van der Waals surface area contributed by atoms with Gasteiger partial charge in [0.05, 0.1) is 25.4 Å². The minimum atomic E-state index is -0.705. The highest BCUT2D eigenvalue weighted by atomic mass is 16.6. The normalized spacial score (nSPS) is 14.0. The second-order valence-corrected chi connectivity index (χ2v) is 6.31. The Labute approximate surface area is 166 Å². The van der Waals surface area contributed by atoms with Crippen LogP contribution in [0.1, 0.15) is 25.5 Å². The lowest BCUT2D eigenvalue weighted by Gasteiger charge is -2.31. The fourth-order valence-electron chi connectivity index (χ4n) is 3.16. The van der Waals surface area contributed by atoms with E-state index in [-0.39, 0.29) is 5.97 Å². The second kappa shape index (κ2) is 9.99. The Kier molecular flexibility index (Phi) is 7.14. The number of ether oxygens (including phenoxy) is 4. The van der Waals surface area contributed by atoms with Gasteiger partial charge in [0.2, 0.25) is 0 Å². The first-order valence-corrected chi connectivity index (χ1v) is 9.70. The van der Waals surface area contributed by atoms with E-state index in [9.17, 15) is 4.79 Å². The fourth-order valence-corrected chi connectivity index (χ4v) is 3.16. The Balaban J connectivity index is 1.55. The Morgan fingerprint density at radius 1 is 1.11 bits per heavy atom. The molecule has 1 heterocycles. The first-order valence-electron chi connectivity index (χ1n) is 9.70. The Morgan fingerprint density at radius 2 is 1.89 bits per heavy atom. The number of anilines is 1. The number of para-hydroxylation sites is 2. The van der Waals surface area contributed by atoms with Crippen LogP contribution in [0.3, 0.4) is 0 Å². The molecule has 2 aromatic rings. The number of nitrogens with zero attached hydrogens (tertiary/aromatic N) is 1. The van der Waals surface area contributed by atoms with Crippen molar-refractivity contribution in [1.82, 2.24) is 0 Å². The highest BCUT2D eigenvalue weighted by Crippen LogP contribution is 2.30. The summed E-state index contributed by atoms with van der Waals surface area (Å²) in [5.74, 6) is 1.30. The highest BCUT2D eigenvalue weighted by molar-refractivity contribution is 5.76. The third kappa shape index (κ3) is 4.95. The van der Waals surface area contributed by atoms with Crippen molar-refractivity contribution in [3.8, 4) is 11.5 Å². The van der Waals surface area contributed by atoms with Crippen molar-refractivity contribution in [3.63, 3.8) is 0 Å². The molecule has 0 fully saturated rings. The lowest BCUT2D eigenvalue weighted by atomic mass is 10.1. The summed E-state index contributed by atoms with van der Waals surface area (Å²) in [6, 6.07) is 15.4. The van der Waals surface area contributed by atoms with E-state index in [0.717, 1.165) is 35.8 Å². The lowest BCUT2D eigenvalue weighted by molar-refractivity contribution is -0.157. The largest absolute Gasteiger partial charge is 0.492 e. The molecule has 0 amide bonds. The van der Waals surface area contributed by atoms with Crippen LogP contribution >= 0.6 is 0 Å². The van der Waals surface area contributed by atoms with Crippen LogP contribution in [0.5, 0.6) is 11.5 Å². The Hall–Kier alpha value is -2.73. The SMILES string of the molecule is CCOC(=O)C(OCC)c1ccc(OCCN2CCOc3ccccc32)cc1. The Bertz CT molecular complexity index is 762. The number of benzene rings is 2.